The third-order valence-electron chi connectivity index (χ3n) is 2.74. The van der Waals surface area contributed by atoms with E-state index in [0.717, 1.165) is 6.07 Å². The van der Waals surface area contributed by atoms with Crippen LogP contribution in [0, 0.1) is 0 Å². The van der Waals surface area contributed by atoms with Crippen LogP contribution < -0.4 is 0 Å². The Morgan fingerprint density at radius 2 is 1.55 bits per heavy atom. The van der Waals surface area contributed by atoms with Crippen molar-refractivity contribution >= 4 is 49.0 Å². The van der Waals surface area contributed by atoms with Crippen LogP contribution in [0.1, 0.15) is 5.56 Å². The van der Waals surface area contributed by atoms with Crippen molar-refractivity contribution in [2.24, 2.45) is 0 Å². The van der Waals surface area contributed by atoms with E-state index >= 15 is 0 Å². The van der Waals surface area contributed by atoms with Crippen molar-refractivity contribution in [3.05, 3.63) is 56.5 Å². The topological polar surface area (TPSA) is 34.1 Å². The van der Waals surface area contributed by atoms with Crippen LogP contribution in [0.25, 0.3) is 0 Å². The molecule has 0 atom stereocenters. The molecule has 0 saturated heterocycles. The zero-order valence-electron chi connectivity index (χ0n) is 10.5. The van der Waals surface area contributed by atoms with E-state index in [4.69, 9.17) is 23.2 Å². The smallest absolute Gasteiger partial charge is 0.218 e. The molecule has 0 heterocycles. The highest BCUT2D eigenvalue weighted by molar-refractivity contribution is 9.10. The van der Waals surface area contributed by atoms with Crippen LogP contribution in [0.15, 0.2) is 50.7 Å². The molecule has 0 spiro atoms. The van der Waals surface area contributed by atoms with E-state index in [-0.39, 0.29) is 14.3 Å². The average Bonchev–Trinajstić information content (AvgIpc) is 2.40. The fourth-order valence-corrected chi connectivity index (χ4v) is 4.47. The highest BCUT2D eigenvalue weighted by Crippen LogP contribution is 2.40. The SMILES string of the molecule is O=S(=O)(c1ccc(Cl)cc1)c1cc(Cl)c(C(F)(F)F)cc1Br. The van der Waals surface area contributed by atoms with Crippen LogP contribution in [0.3, 0.4) is 0 Å². The lowest BCUT2D eigenvalue weighted by atomic mass is 10.2. The highest BCUT2D eigenvalue weighted by Gasteiger charge is 2.35. The standard InChI is InChI=1S/C13H6BrCl2F3O2S/c14-10-5-9(13(17,18)19)11(16)6-12(10)22(20,21)8-3-1-7(15)2-4-8/h1-6H. The second-order valence-corrected chi connectivity index (χ2v) is 7.83. The molecule has 0 aromatic heterocycles. The molecule has 0 bridgehead atoms. The maximum atomic E-state index is 12.8. The number of hydrogen-bond acceptors (Lipinski definition) is 2. The van der Waals surface area contributed by atoms with Gasteiger partial charge in [-0.25, -0.2) is 8.42 Å². The van der Waals surface area contributed by atoms with Gasteiger partial charge in [0, 0.05) is 9.50 Å². The van der Waals surface area contributed by atoms with E-state index in [9.17, 15) is 21.6 Å². The molecular formula is C13H6BrCl2F3O2S. The Hall–Kier alpha value is -0.760. The molecule has 0 amide bonds. The quantitative estimate of drug-likeness (QED) is 0.617. The van der Waals surface area contributed by atoms with Crippen molar-refractivity contribution in [3.8, 4) is 0 Å². The van der Waals surface area contributed by atoms with Crippen LogP contribution >= 0.6 is 39.1 Å². The van der Waals surface area contributed by atoms with Crippen LogP contribution in [0.5, 0.6) is 0 Å². The van der Waals surface area contributed by atoms with Gasteiger partial charge in [0.15, 0.2) is 0 Å². The molecule has 0 saturated carbocycles. The predicted molar refractivity (Wildman–Crippen MR) is 81.1 cm³/mol. The minimum absolute atomic E-state index is 0.103. The summed E-state index contributed by atoms with van der Waals surface area (Å²) in [6, 6.07) is 6.68. The summed E-state index contributed by atoms with van der Waals surface area (Å²) >= 11 is 14.1. The Balaban J connectivity index is 2.62. The van der Waals surface area contributed by atoms with Crippen molar-refractivity contribution in [2.75, 3.05) is 0 Å². The molecule has 2 nitrogen and oxygen atoms in total. The number of halogens is 6. The summed E-state index contributed by atoms with van der Waals surface area (Å²) in [6.07, 6.45) is -4.68. The van der Waals surface area contributed by atoms with Gasteiger partial charge in [0.05, 0.1) is 20.4 Å². The molecule has 22 heavy (non-hydrogen) atoms. The minimum Gasteiger partial charge on any atom is -0.218 e. The first-order valence-electron chi connectivity index (χ1n) is 5.60. The lowest BCUT2D eigenvalue weighted by Crippen LogP contribution is -2.09. The summed E-state index contributed by atoms with van der Waals surface area (Å²) in [7, 11) is -4.03. The monoisotopic (exact) mass is 432 g/mol. The minimum atomic E-state index is -4.68. The fourth-order valence-electron chi connectivity index (χ4n) is 1.69. The van der Waals surface area contributed by atoms with Crippen LogP contribution in [-0.2, 0) is 16.0 Å². The first kappa shape index (κ1) is 17.6. The highest BCUT2D eigenvalue weighted by atomic mass is 79.9. The molecule has 0 aliphatic carbocycles. The van der Waals surface area contributed by atoms with Gasteiger partial charge < -0.3 is 0 Å². The van der Waals surface area contributed by atoms with E-state index < -0.39 is 26.6 Å². The van der Waals surface area contributed by atoms with Crippen LogP contribution in [0.4, 0.5) is 13.2 Å². The third kappa shape index (κ3) is 3.42. The molecular weight excluding hydrogens is 428 g/mol. The summed E-state index contributed by atoms with van der Waals surface area (Å²) in [5.74, 6) is 0. The van der Waals surface area contributed by atoms with Gasteiger partial charge in [-0.05, 0) is 52.3 Å². The second kappa shape index (κ2) is 6.03. The molecule has 0 aliphatic heterocycles. The van der Waals surface area contributed by atoms with Crippen LogP contribution in [0.2, 0.25) is 10.0 Å². The Morgan fingerprint density at radius 1 is 1.00 bits per heavy atom. The maximum Gasteiger partial charge on any atom is 0.417 e. The van der Waals surface area contributed by atoms with Crippen molar-refractivity contribution in [2.45, 2.75) is 16.0 Å². The number of alkyl halides is 3. The number of hydrogen-bond donors (Lipinski definition) is 0. The van der Waals surface area contributed by atoms with Crippen LogP contribution in [-0.4, -0.2) is 8.42 Å². The summed E-state index contributed by atoms with van der Waals surface area (Å²) in [6.45, 7) is 0. The molecule has 9 heteroatoms. The molecule has 2 rings (SSSR count). The summed E-state index contributed by atoms with van der Waals surface area (Å²) < 4.78 is 63.0. The molecule has 2 aromatic rings. The van der Waals surface area contributed by atoms with E-state index in [1.54, 1.807) is 0 Å². The molecule has 0 N–H and O–H groups in total. The first-order valence-corrected chi connectivity index (χ1v) is 8.63. The Bertz CT molecular complexity index is 818. The van der Waals surface area contributed by atoms with E-state index in [2.05, 4.69) is 15.9 Å². The largest absolute Gasteiger partial charge is 0.417 e. The zero-order chi connectivity index (χ0) is 16.7. The lowest BCUT2D eigenvalue weighted by molar-refractivity contribution is -0.137. The molecule has 0 fully saturated rings. The predicted octanol–water partition coefficient (Wildman–Crippen LogP) is 5.61. The van der Waals surface area contributed by atoms with Gasteiger partial charge in [0.2, 0.25) is 9.84 Å². The molecule has 118 valence electrons. The second-order valence-electron chi connectivity index (χ2n) is 4.22. The van der Waals surface area contributed by atoms with Gasteiger partial charge in [0.1, 0.15) is 0 Å². The average molecular weight is 434 g/mol. The molecule has 0 unspecified atom stereocenters. The summed E-state index contributed by atoms with van der Waals surface area (Å²) in [5, 5.41) is -0.355. The molecule has 0 radical (unpaired) electrons. The van der Waals surface area contributed by atoms with E-state index in [1.807, 2.05) is 0 Å². The third-order valence-corrected chi connectivity index (χ3v) is 6.03. The van der Waals surface area contributed by atoms with Gasteiger partial charge in [-0.15, -0.1) is 0 Å². The first-order chi connectivity index (χ1) is 10.0. The van der Waals surface area contributed by atoms with Crippen molar-refractivity contribution in [3.63, 3.8) is 0 Å². The summed E-state index contributed by atoms with van der Waals surface area (Å²) in [5.41, 5.74) is -1.11. The summed E-state index contributed by atoms with van der Waals surface area (Å²) in [4.78, 5) is -0.457. The van der Waals surface area contributed by atoms with Gasteiger partial charge >= 0.3 is 6.18 Å². The Labute approximate surface area is 142 Å². The Kier molecular flexibility index (Phi) is 4.82. The van der Waals surface area contributed by atoms with Crippen molar-refractivity contribution < 1.29 is 21.6 Å². The molecule has 0 aliphatic rings. The lowest BCUT2D eigenvalue weighted by Gasteiger charge is -2.13. The maximum absolute atomic E-state index is 12.8. The van der Waals surface area contributed by atoms with Gasteiger partial charge in [-0.3, -0.25) is 0 Å². The number of rotatable bonds is 2. The van der Waals surface area contributed by atoms with Gasteiger partial charge in [-0.2, -0.15) is 13.2 Å². The van der Waals surface area contributed by atoms with Gasteiger partial charge in [0.25, 0.3) is 0 Å². The zero-order valence-corrected chi connectivity index (χ0v) is 14.4. The van der Waals surface area contributed by atoms with E-state index in [0.29, 0.717) is 11.1 Å². The number of benzene rings is 2. The normalized spacial score (nSPS) is 12.5. The fraction of sp³-hybridized carbons (Fsp3) is 0.0769. The van der Waals surface area contributed by atoms with Crippen molar-refractivity contribution in [1.82, 2.24) is 0 Å². The van der Waals surface area contributed by atoms with Crippen molar-refractivity contribution in [1.29, 1.82) is 0 Å². The Morgan fingerprint density at radius 3 is 2.05 bits per heavy atom. The van der Waals surface area contributed by atoms with Gasteiger partial charge in [-0.1, -0.05) is 23.2 Å². The van der Waals surface area contributed by atoms with E-state index in [1.165, 1.54) is 24.3 Å². The molecule has 2 aromatic carbocycles. The number of sulfone groups is 1.